The molecule has 1 fully saturated rings. The van der Waals surface area contributed by atoms with Crippen molar-refractivity contribution in [1.82, 2.24) is 14.5 Å². The van der Waals surface area contributed by atoms with Gasteiger partial charge in [-0.05, 0) is 38.8 Å². The number of fused-ring (bicyclic) bond motifs is 1. The van der Waals surface area contributed by atoms with Crippen LogP contribution in [0.15, 0.2) is 35.4 Å². The van der Waals surface area contributed by atoms with Gasteiger partial charge in [0.1, 0.15) is 6.54 Å². The molecular formula is C16H19N3O2. The summed E-state index contributed by atoms with van der Waals surface area (Å²) >= 11 is 0. The number of benzene rings is 1. The Hall–Kier alpha value is -2.17. The predicted octanol–water partition coefficient (Wildman–Crippen LogP) is 1.80. The Morgan fingerprint density at radius 2 is 2.10 bits per heavy atom. The lowest BCUT2D eigenvalue weighted by Crippen LogP contribution is -2.42. The number of rotatable bonds is 4. The fourth-order valence-corrected chi connectivity index (χ4v) is 2.71. The number of hydrogen-bond donors (Lipinski definition) is 0. The smallest absolute Gasteiger partial charge is 0.261 e. The molecule has 1 aliphatic rings. The molecule has 0 spiro atoms. The number of carbonyl (C=O) groups excluding carboxylic acids is 1. The first-order valence-corrected chi connectivity index (χ1v) is 7.33. The standard InChI is InChI=1S/C16H19N3O2/c1-11(2)19(12-7-8-12)15(20)9-18-10-17-14-6-4-3-5-13(14)16(18)21/h3-6,10-12H,7-9H2,1-2H3. The molecule has 0 radical (unpaired) electrons. The molecule has 110 valence electrons. The highest BCUT2D eigenvalue weighted by Gasteiger charge is 2.34. The summed E-state index contributed by atoms with van der Waals surface area (Å²) in [6.07, 6.45) is 3.59. The van der Waals surface area contributed by atoms with Gasteiger partial charge in [-0.15, -0.1) is 0 Å². The Morgan fingerprint density at radius 3 is 2.76 bits per heavy atom. The minimum atomic E-state index is -0.159. The zero-order chi connectivity index (χ0) is 15.0. The van der Waals surface area contributed by atoms with E-state index in [1.807, 2.05) is 30.9 Å². The van der Waals surface area contributed by atoms with Crippen molar-refractivity contribution < 1.29 is 4.79 Å². The molecule has 0 aliphatic heterocycles. The Bertz CT molecular complexity index is 730. The monoisotopic (exact) mass is 285 g/mol. The molecule has 1 aliphatic carbocycles. The molecule has 1 aromatic heterocycles. The van der Waals surface area contributed by atoms with E-state index in [9.17, 15) is 9.59 Å². The molecule has 1 saturated carbocycles. The van der Waals surface area contributed by atoms with Crippen LogP contribution in [0.1, 0.15) is 26.7 Å². The van der Waals surface area contributed by atoms with Gasteiger partial charge in [0.25, 0.3) is 5.56 Å². The van der Waals surface area contributed by atoms with Gasteiger partial charge in [0.15, 0.2) is 0 Å². The highest BCUT2D eigenvalue weighted by atomic mass is 16.2. The van der Waals surface area contributed by atoms with Crippen LogP contribution in [0.4, 0.5) is 0 Å². The molecule has 3 rings (SSSR count). The van der Waals surface area contributed by atoms with E-state index in [-0.39, 0.29) is 24.1 Å². The van der Waals surface area contributed by atoms with Crippen molar-refractivity contribution >= 4 is 16.8 Å². The van der Waals surface area contributed by atoms with Crippen LogP contribution >= 0.6 is 0 Å². The van der Waals surface area contributed by atoms with Crippen LogP contribution in [0.2, 0.25) is 0 Å². The third kappa shape index (κ3) is 2.68. The van der Waals surface area contributed by atoms with E-state index in [2.05, 4.69) is 4.98 Å². The third-order valence-electron chi connectivity index (χ3n) is 3.82. The van der Waals surface area contributed by atoms with Crippen LogP contribution in [-0.4, -0.2) is 32.4 Å². The van der Waals surface area contributed by atoms with E-state index >= 15 is 0 Å². The van der Waals surface area contributed by atoms with Gasteiger partial charge < -0.3 is 4.90 Å². The predicted molar refractivity (Wildman–Crippen MR) is 81.0 cm³/mol. The summed E-state index contributed by atoms with van der Waals surface area (Å²) in [5.74, 6) is -0.00770. The molecule has 1 heterocycles. The van der Waals surface area contributed by atoms with Gasteiger partial charge in [0, 0.05) is 12.1 Å². The topological polar surface area (TPSA) is 55.2 Å². The number of amides is 1. The lowest BCUT2D eigenvalue weighted by Gasteiger charge is -2.27. The Morgan fingerprint density at radius 1 is 1.38 bits per heavy atom. The molecule has 5 heteroatoms. The second kappa shape index (κ2) is 5.31. The van der Waals surface area contributed by atoms with Crippen LogP contribution in [0.5, 0.6) is 0 Å². The van der Waals surface area contributed by atoms with E-state index in [4.69, 9.17) is 0 Å². The summed E-state index contributed by atoms with van der Waals surface area (Å²) in [4.78, 5) is 31.0. The Kier molecular flexibility index (Phi) is 3.49. The van der Waals surface area contributed by atoms with E-state index in [0.29, 0.717) is 16.9 Å². The quantitative estimate of drug-likeness (QED) is 0.860. The maximum Gasteiger partial charge on any atom is 0.261 e. The Labute approximate surface area is 123 Å². The molecule has 21 heavy (non-hydrogen) atoms. The lowest BCUT2D eigenvalue weighted by molar-refractivity contribution is -0.134. The van der Waals surface area contributed by atoms with E-state index in [0.717, 1.165) is 12.8 Å². The number of carbonyl (C=O) groups is 1. The first-order chi connectivity index (χ1) is 10.1. The lowest BCUT2D eigenvalue weighted by atomic mass is 10.2. The average molecular weight is 285 g/mol. The summed E-state index contributed by atoms with van der Waals surface area (Å²) in [5.41, 5.74) is 0.502. The van der Waals surface area contributed by atoms with Crippen molar-refractivity contribution in [2.24, 2.45) is 0 Å². The van der Waals surface area contributed by atoms with Gasteiger partial charge in [-0.1, -0.05) is 12.1 Å². The molecule has 0 bridgehead atoms. The first-order valence-electron chi connectivity index (χ1n) is 7.33. The second-order valence-corrected chi connectivity index (χ2v) is 5.82. The maximum atomic E-state index is 12.5. The van der Waals surface area contributed by atoms with Crippen molar-refractivity contribution in [3.8, 4) is 0 Å². The molecule has 0 N–H and O–H groups in total. The molecule has 5 nitrogen and oxygen atoms in total. The highest BCUT2D eigenvalue weighted by molar-refractivity contribution is 5.79. The van der Waals surface area contributed by atoms with Crippen LogP contribution < -0.4 is 5.56 Å². The van der Waals surface area contributed by atoms with Crippen molar-refractivity contribution in [1.29, 1.82) is 0 Å². The van der Waals surface area contributed by atoms with Crippen molar-refractivity contribution in [2.75, 3.05) is 0 Å². The normalized spacial score (nSPS) is 14.6. The minimum Gasteiger partial charge on any atom is -0.336 e. The van der Waals surface area contributed by atoms with Crippen LogP contribution in [0.3, 0.4) is 0 Å². The van der Waals surface area contributed by atoms with Crippen molar-refractivity contribution in [2.45, 2.75) is 45.3 Å². The number of para-hydroxylation sites is 1. The van der Waals surface area contributed by atoms with Gasteiger partial charge in [0.2, 0.25) is 5.91 Å². The van der Waals surface area contributed by atoms with E-state index in [1.54, 1.807) is 12.1 Å². The number of aromatic nitrogens is 2. The maximum absolute atomic E-state index is 12.5. The van der Waals surface area contributed by atoms with Crippen molar-refractivity contribution in [3.05, 3.63) is 40.9 Å². The summed E-state index contributed by atoms with van der Waals surface area (Å²) in [6.45, 7) is 4.08. The molecule has 0 atom stereocenters. The van der Waals surface area contributed by atoms with E-state index in [1.165, 1.54) is 10.9 Å². The van der Waals surface area contributed by atoms with Gasteiger partial charge >= 0.3 is 0 Å². The van der Waals surface area contributed by atoms with Crippen LogP contribution in [-0.2, 0) is 11.3 Å². The van der Waals surface area contributed by atoms with Gasteiger partial charge in [-0.25, -0.2) is 4.98 Å². The Balaban J connectivity index is 1.89. The number of hydrogen-bond acceptors (Lipinski definition) is 3. The fraction of sp³-hybridized carbons (Fsp3) is 0.438. The minimum absolute atomic E-state index is 0.00770. The molecule has 0 unspecified atom stereocenters. The summed E-state index contributed by atoms with van der Waals surface area (Å²) in [7, 11) is 0. The van der Waals surface area contributed by atoms with Gasteiger partial charge in [-0.3, -0.25) is 14.2 Å². The third-order valence-corrected chi connectivity index (χ3v) is 3.82. The summed E-state index contributed by atoms with van der Waals surface area (Å²) in [5, 5.41) is 0.551. The van der Waals surface area contributed by atoms with Crippen LogP contribution in [0, 0.1) is 0 Å². The van der Waals surface area contributed by atoms with Crippen LogP contribution in [0.25, 0.3) is 10.9 Å². The molecule has 2 aromatic rings. The highest BCUT2D eigenvalue weighted by Crippen LogP contribution is 2.28. The summed E-state index contributed by atoms with van der Waals surface area (Å²) in [6, 6.07) is 7.70. The molecule has 1 amide bonds. The second-order valence-electron chi connectivity index (χ2n) is 5.82. The largest absolute Gasteiger partial charge is 0.336 e. The SMILES string of the molecule is CC(C)N(C(=O)Cn1cnc2ccccc2c1=O)C1CC1. The first kappa shape index (κ1) is 13.8. The number of nitrogens with zero attached hydrogens (tertiary/aromatic N) is 3. The zero-order valence-corrected chi connectivity index (χ0v) is 12.3. The van der Waals surface area contributed by atoms with E-state index < -0.39 is 0 Å². The fourth-order valence-electron chi connectivity index (χ4n) is 2.71. The van der Waals surface area contributed by atoms with Gasteiger partial charge in [-0.2, -0.15) is 0 Å². The molecule has 1 aromatic carbocycles. The average Bonchev–Trinajstić information content (AvgIpc) is 3.26. The zero-order valence-electron chi connectivity index (χ0n) is 12.3. The van der Waals surface area contributed by atoms with Gasteiger partial charge in [0.05, 0.1) is 17.2 Å². The summed E-state index contributed by atoms with van der Waals surface area (Å²) < 4.78 is 1.41. The molecular weight excluding hydrogens is 266 g/mol. The van der Waals surface area contributed by atoms with Crippen molar-refractivity contribution in [3.63, 3.8) is 0 Å². The molecule has 0 saturated heterocycles.